The van der Waals surface area contributed by atoms with E-state index in [-0.39, 0.29) is 10.8 Å². The molecule has 0 saturated carbocycles. The van der Waals surface area contributed by atoms with Crippen LogP contribution >= 0.6 is 27.3 Å². The second-order valence-corrected chi connectivity index (χ2v) is 5.84. The Kier molecular flexibility index (Phi) is 4.01. The van der Waals surface area contributed by atoms with Crippen molar-refractivity contribution in [2.75, 3.05) is 5.32 Å². The van der Waals surface area contributed by atoms with Gasteiger partial charge in [-0.05, 0) is 47.1 Å². The molecule has 0 fully saturated rings. The third-order valence-electron chi connectivity index (χ3n) is 2.42. The zero-order chi connectivity index (χ0) is 14.0. The fourth-order valence-electron chi connectivity index (χ4n) is 1.51. The summed E-state index contributed by atoms with van der Waals surface area (Å²) in [6.45, 7) is 1.90. The molecule has 98 valence electrons. The van der Waals surface area contributed by atoms with Gasteiger partial charge in [-0.2, -0.15) is 0 Å². The van der Waals surface area contributed by atoms with E-state index in [1.165, 1.54) is 6.07 Å². The van der Waals surface area contributed by atoms with Crippen molar-refractivity contribution < 1.29 is 14.7 Å². The van der Waals surface area contributed by atoms with Gasteiger partial charge in [-0.3, -0.25) is 4.79 Å². The summed E-state index contributed by atoms with van der Waals surface area (Å²) >= 11 is 4.35. The van der Waals surface area contributed by atoms with Gasteiger partial charge in [0.1, 0.15) is 4.88 Å². The van der Waals surface area contributed by atoms with E-state index in [1.807, 2.05) is 13.0 Å². The SMILES string of the molecule is Cc1ccc(Br)c(C(=O)Nc2ccc(C(=O)O)s2)c1. The van der Waals surface area contributed by atoms with E-state index >= 15 is 0 Å². The number of hydrogen-bond acceptors (Lipinski definition) is 3. The number of rotatable bonds is 3. The molecular weight excluding hydrogens is 330 g/mol. The van der Waals surface area contributed by atoms with Crippen LogP contribution in [-0.2, 0) is 0 Å². The molecule has 2 N–H and O–H groups in total. The van der Waals surface area contributed by atoms with Gasteiger partial charge in [-0.1, -0.05) is 11.6 Å². The van der Waals surface area contributed by atoms with Crippen LogP contribution < -0.4 is 5.32 Å². The first-order valence-electron chi connectivity index (χ1n) is 5.38. The Hall–Kier alpha value is -1.66. The Morgan fingerprint density at radius 1 is 1.26 bits per heavy atom. The summed E-state index contributed by atoms with van der Waals surface area (Å²) in [4.78, 5) is 23.0. The van der Waals surface area contributed by atoms with E-state index in [0.717, 1.165) is 16.9 Å². The lowest BCUT2D eigenvalue weighted by atomic mass is 10.1. The number of carboxylic acids is 1. The van der Waals surface area contributed by atoms with Crippen molar-refractivity contribution in [2.24, 2.45) is 0 Å². The second kappa shape index (κ2) is 5.54. The Balaban J connectivity index is 2.20. The quantitative estimate of drug-likeness (QED) is 0.894. The van der Waals surface area contributed by atoms with Crippen LogP contribution in [0.3, 0.4) is 0 Å². The first-order chi connectivity index (χ1) is 8.97. The number of thiophene rings is 1. The fourth-order valence-corrected chi connectivity index (χ4v) is 2.68. The maximum Gasteiger partial charge on any atom is 0.345 e. The zero-order valence-electron chi connectivity index (χ0n) is 9.94. The highest BCUT2D eigenvalue weighted by Gasteiger charge is 2.13. The molecule has 6 heteroatoms. The summed E-state index contributed by atoms with van der Waals surface area (Å²) in [6.07, 6.45) is 0. The van der Waals surface area contributed by atoms with Crippen LogP contribution in [0.4, 0.5) is 5.00 Å². The smallest absolute Gasteiger partial charge is 0.345 e. The van der Waals surface area contributed by atoms with Gasteiger partial charge in [0.15, 0.2) is 0 Å². The molecular formula is C13H10BrNO3S. The van der Waals surface area contributed by atoms with Crippen LogP contribution in [-0.4, -0.2) is 17.0 Å². The van der Waals surface area contributed by atoms with Gasteiger partial charge in [0.2, 0.25) is 0 Å². The number of hydrogen-bond donors (Lipinski definition) is 2. The third kappa shape index (κ3) is 3.21. The van der Waals surface area contributed by atoms with E-state index < -0.39 is 5.97 Å². The number of anilines is 1. The third-order valence-corrected chi connectivity index (χ3v) is 4.10. The normalized spacial score (nSPS) is 10.2. The lowest BCUT2D eigenvalue weighted by Gasteiger charge is -2.05. The second-order valence-electron chi connectivity index (χ2n) is 3.91. The van der Waals surface area contributed by atoms with Gasteiger partial charge in [0.25, 0.3) is 5.91 Å². The first-order valence-corrected chi connectivity index (χ1v) is 6.99. The number of aromatic carboxylic acids is 1. The van der Waals surface area contributed by atoms with Crippen LogP contribution in [0.2, 0.25) is 0 Å². The Bertz CT molecular complexity index is 651. The number of aryl methyl sites for hydroxylation is 1. The highest BCUT2D eigenvalue weighted by Crippen LogP contribution is 2.24. The molecule has 2 rings (SSSR count). The van der Waals surface area contributed by atoms with Gasteiger partial charge in [-0.25, -0.2) is 4.79 Å². The van der Waals surface area contributed by atoms with Crippen molar-refractivity contribution in [1.29, 1.82) is 0 Å². The van der Waals surface area contributed by atoms with E-state index in [1.54, 1.807) is 18.2 Å². The van der Waals surface area contributed by atoms with E-state index in [9.17, 15) is 9.59 Å². The summed E-state index contributed by atoms with van der Waals surface area (Å²) < 4.78 is 0.700. The predicted molar refractivity (Wildman–Crippen MR) is 78.1 cm³/mol. The van der Waals surface area contributed by atoms with Crippen LogP contribution in [0, 0.1) is 6.92 Å². The minimum absolute atomic E-state index is 0.193. The number of amides is 1. The summed E-state index contributed by atoms with van der Waals surface area (Å²) in [7, 11) is 0. The van der Waals surface area contributed by atoms with Gasteiger partial charge in [0, 0.05) is 4.47 Å². The number of carbonyl (C=O) groups excluding carboxylic acids is 1. The minimum atomic E-state index is -0.998. The molecule has 4 nitrogen and oxygen atoms in total. The lowest BCUT2D eigenvalue weighted by Crippen LogP contribution is -2.11. The summed E-state index contributed by atoms with van der Waals surface area (Å²) in [6, 6.07) is 8.52. The lowest BCUT2D eigenvalue weighted by molar-refractivity contribution is 0.0702. The molecule has 0 bridgehead atoms. The maximum absolute atomic E-state index is 12.1. The summed E-state index contributed by atoms with van der Waals surface area (Å²) in [5.74, 6) is -1.27. The standard InChI is InChI=1S/C13H10BrNO3S/c1-7-2-3-9(14)8(6-7)12(16)15-11-5-4-10(19-11)13(17)18/h2-6H,1H3,(H,15,16)(H,17,18). The molecule has 19 heavy (non-hydrogen) atoms. The van der Waals surface area contributed by atoms with Crippen LogP contribution in [0.5, 0.6) is 0 Å². The van der Waals surface area contributed by atoms with Crippen LogP contribution in [0.1, 0.15) is 25.6 Å². The molecule has 0 aliphatic carbocycles. The summed E-state index contributed by atoms with van der Waals surface area (Å²) in [5, 5.41) is 12.0. The highest BCUT2D eigenvalue weighted by molar-refractivity contribution is 9.10. The number of carbonyl (C=O) groups is 2. The zero-order valence-corrected chi connectivity index (χ0v) is 12.3. The van der Waals surface area contributed by atoms with Crippen molar-refractivity contribution in [3.05, 3.63) is 50.8 Å². The molecule has 1 amide bonds. The number of halogens is 1. The maximum atomic E-state index is 12.1. The molecule has 1 heterocycles. The molecule has 0 spiro atoms. The van der Waals surface area contributed by atoms with Crippen molar-refractivity contribution in [2.45, 2.75) is 6.92 Å². The van der Waals surface area contributed by atoms with Gasteiger partial charge in [-0.15, -0.1) is 11.3 Å². The predicted octanol–water partition coefficient (Wildman–Crippen LogP) is 3.77. The van der Waals surface area contributed by atoms with Crippen LogP contribution in [0.15, 0.2) is 34.8 Å². The van der Waals surface area contributed by atoms with Gasteiger partial charge in [0.05, 0.1) is 10.6 Å². The first kappa shape index (κ1) is 13.8. The molecule has 2 aromatic rings. The topological polar surface area (TPSA) is 66.4 Å². The highest BCUT2D eigenvalue weighted by atomic mass is 79.9. The molecule has 0 saturated heterocycles. The molecule has 1 aromatic carbocycles. The van der Waals surface area contributed by atoms with E-state index in [4.69, 9.17) is 5.11 Å². The number of benzene rings is 1. The minimum Gasteiger partial charge on any atom is -0.477 e. The molecule has 0 atom stereocenters. The monoisotopic (exact) mass is 339 g/mol. The van der Waals surface area contributed by atoms with Crippen molar-refractivity contribution in [1.82, 2.24) is 0 Å². The van der Waals surface area contributed by atoms with E-state index in [2.05, 4.69) is 21.2 Å². The molecule has 0 radical (unpaired) electrons. The molecule has 0 aliphatic heterocycles. The van der Waals surface area contributed by atoms with Gasteiger partial charge < -0.3 is 10.4 Å². The molecule has 0 unspecified atom stereocenters. The van der Waals surface area contributed by atoms with Crippen molar-refractivity contribution in [3.8, 4) is 0 Å². The van der Waals surface area contributed by atoms with Gasteiger partial charge >= 0.3 is 5.97 Å². The van der Waals surface area contributed by atoms with Crippen LogP contribution in [0.25, 0.3) is 0 Å². The Morgan fingerprint density at radius 3 is 2.63 bits per heavy atom. The molecule has 1 aromatic heterocycles. The Labute approximate surface area is 122 Å². The average Bonchev–Trinajstić information content (AvgIpc) is 2.80. The van der Waals surface area contributed by atoms with E-state index in [0.29, 0.717) is 15.0 Å². The number of carboxylic acid groups (broad SMARTS) is 1. The average molecular weight is 340 g/mol. The van der Waals surface area contributed by atoms with Crippen molar-refractivity contribution >= 4 is 44.1 Å². The number of nitrogens with one attached hydrogen (secondary N) is 1. The fraction of sp³-hybridized carbons (Fsp3) is 0.0769. The largest absolute Gasteiger partial charge is 0.477 e. The Morgan fingerprint density at radius 2 is 2.00 bits per heavy atom. The van der Waals surface area contributed by atoms with Crippen molar-refractivity contribution in [3.63, 3.8) is 0 Å². The molecule has 0 aliphatic rings. The summed E-state index contributed by atoms with van der Waals surface area (Å²) in [5.41, 5.74) is 1.50.